The first-order chi connectivity index (χ1) is 5.22. The van der Waals surface area contributed by atoms with Gasteiger partial charge in [0.15, 0.2) is 0 Å². The van der Waals surface area contributed by atoms with Crippen LogP contribution in [0.2, 0.25) is 0 Å². The predicted octanol–water partition coefficient (Wildman–Crippen LogP) is 2.96. The summed E-state index contributed by atoms with van der Waals surface area (Å²) in [6, 6.07) is 0. The van der Waals surface area contributed by atoms with Crippen molar-refractivity contribution in [1.29, 1.82) is 0 Å². The highest BCUT2D eigenvalue weighted by atomic mass is 79.9. The maximum absolute atomic E-state index is 3.76. The molecule has 0 aliphatic carbocycles. The van der Waals surface area contributed by atoms with Crippen molar-refractivity contribution >= 4 is 15.9 Å². The number of likely N-dealkylation sites (N-methyl/N-ethyl adjacent to an activating group) is 1. The van der Waals surface area contributed by atoms with Crippen LogP contribution in [0.1, 0.15) is 13.3 Å². The molecule has 0 heterocycles. The van der Waals surface area contributed by atoms with Crippen LogP contribution < -0.4 is 5.32 Å². The third kappa shape index (κ3) is 4.85. The van der Waals surface area contributed by atoms with E-state index in [1.54, 1.807) is 0 Å². The minimum Gasteiger partial charge on any atom is -0.387 e. The van der Waals surface area contributed by atoms with Crippen molar-refractivity contribution in [1.82, 2.24) is 5.32 Å². The normalized spacial score (nSPS) is 12.1. The summed E-state index contributed by atoms with van der Waals surface area (Å²) in [4.78, 5) is 0. The van der Waals surface area contributed by atoms with Crippen LogP contribution in [0, 0.1) is 0 Å². The largest absolute Gasteiger partial charge is 0.387 e. The van der Waals surface area contributed by atoms with Gasteiger partial charge in [0.2, 0.25) is 0 Å². The van der Waals surface area contributed by atoms with E-state index in [0.29, 0.717) is 0 Å². The molecular formula is C9H14BrN. The molecule has 0 saturated carbocycles. The fourth-order valence-electron chi connectivity index (χ4n) is 0.610. The molecule has 0 unspecified atom stereocenters. The Hall–Kier alpha value is -0.500. The van der Waals surface area contributed by atoms with Gasteiger partial charge in [0.25, 0.3) is 0 Å². The zero-order chi connectivity index (χ0) is 8.69. The summed E-state index contributed by atoms with van der Waals surface area (Å²) in [5, 5.41) is 3.02. The molecule has 0 bridgehead atoms. The molecule has 62 valence electrons. The molecule has 0 aliphatic heterocycles. The topological polar surface area (TPSA) is 12.0 Å². The third-order valence-corrected chi connectivity index (χ3v) is 1.62. The van der Waals surface area contributed by atoms with Gasteiger partial charge in [-0.25, -0.2) is 0 Å². The molecule has 0 spiro atoms. The molecule has 1 N–H and O–H groups in total. The lowest BCUT2D eigenvalue weighted by Crippen LogP contribution is -2.04. The number of halogens is 1. The van der Waals surface area contributed by atoms with Crippen molar-refractivity contribution < 1.29 is 0 Å². The molecule has 0 rings (SSSR count). The number of nitrogens with one attached hydrogen (secondary N) is 1. The summed E-state index contributed by atoms with van der Waals surface area (Å²) in [6.45, 7) is 5.86. The van der Waals surface area contributed by atoms with Gasteiger partial charge < -0.3 is 5.32 Å². The van der Waals surface area contributed by atoms with Crippen molar-refractivity contribution in [2.24, 2.45) is 0 Å². The fourth-order valence-corrected chi connectivity index (χ4v) is 0.940. The molecule has 0 saturated heterocycles. The van der Waals surface area contributed by atoms with E-state index in [0.717, 1.165) is 16.6 Å². The van der Waals surface area contributed by atoms with Gasteiger partial charge in [0.05, 0.1) is 0 Å². The van der Waals surface area contributed by atoms with Crippen LogP contribution in [0.3, 0.4) is 0 Å². The average Bonchev–Trinajstić information content (AvgIpc) is 1.97. The van der Waals surface area contributed by atoms with E-state index < -0.39 is 0 Å². The second-order valence-electron chi connectivity index (χ2n) is 2.07. The monoisotopic (exact) mass is 215 g/mol. The van der Waals surface area contributed by atoms with Crippen molar-refractivity contribution in [3.05, 3.63) is 35.0 Å². The molecule has 0 fully saturated rings. The first-order valence-electron chi connectivity index (χ1n) is 3.61. The van der Waals surface area contributed by atoms with E-state index in [1.807, 2.05) is 19.2 Å². The summed E-state index contributed by atoms with van der Waals surface area (Å²) < 4.78 is 0.876. The van der Waals surface area contributed by atoms with E-state index in [4.69, 9.17) is 0 Å². The van der Waals surface area contributed by atoms with E-state index in [-0.39, 0.29) is 0 Å². The number of hydrogen-bond acceptors (Lipinski definition) is 1. The zero-order valence-corrected chi connectivity index (χ0v) is 8.61. The lowest BCUT2D eigenvalue weighted by Gasteiger charge is -2.01. The number of rotatable bonds is 4. The van der Waals surface area contributed by atoms with Crippen molar-refractivity contribution in [3.8, 4) is 0 Å². The van der Waals surface area contributed by atoms with Gasteiger partial charge in [-0.15, -0.1) is 0 Å². The third-order valence-electron chi connectivity index (χ3n) is 1.20. The van der Waals surface area contributed by atoms with Crippen LogP contribution in [-0.4, -0.2) is 7.05 Å². The van der Waals surface area contributed by atoms with Gasteiger partial charge in [0, 0.05) is 17.2 Å². The highest BCUT2D eigenvalue weighted by Gasteiger charge is 1.91. The van der Waals surface area contributed by atoms with Crippen LogP contribution >= 0.6 is 15.9 Å². The molecule has 0 aliphatic rings. The summed E-state index contributed by atoms with van der Waals surface area (Å²) >= 11 is 3.29. The quantitative estimate of drug-likeness (QED) is 0.712. The molecule has 11 heavy (non-hydrogen) atoms. The van der Waals surface area contributed by atoms with Gasteiger partial charge in [-0.2, -0.15) is 0 Å². The van der Waals surface area contributed by atoms with Crippen molar-refractivity contribution in [3.63, 3.8) is 0 Å². The van der Waals surface area contributed by atoms with Gasteiger partial charge in [-0.3, -0.25) is 0 Å². The summed E-state index contributed by atoms with van der Waals surface area (Å²) in [6.07, 6.45) is 7.15. The van der Waals surface area contributed by atoms with Crippen LogP contribution in [0.4, 0.5) is 0 Å². The van der Waals surface area contributed by atoms with Gasteiger partial charge in [0.1, 0.15) is 0 Å². The maximum Gasteiger partial charge on any atom is 0.0475 e. The van der Waals surface area contributed by atoms with Crippen LogP contribution in [0.15, 0.2) is 35.0 Å². The highest BCUT2D eigenvalue weighted by molar-refractivity contribution is 9.11. The number of allylic oxidation sites excluding steroid dienone is 4. The first-order valence-corrected chi connectivity index (χ1v) is 4.41. The molecule has 0 aromatic carbocycles. The molecule has 0 amide bonds. The summed E-state index contributed by atoms with van der Waals surface area (Å²) in [5.41, 5.74) is 1.01. The molecule has 0 aromatic heterocycles. The van der Waals surface area contributed by atoms with Gasteiger partial charge >= 0.3 is 0 Å². The van der Waals surface area contributed by atoms with E-state index in [1.165, 1.54) is 0 Å². The predicted molar refractivity (Wildman–Crippen MR) is 54.6 cm³/mol. The Morgan fingerprint density at radius 1 is 1.64 bits per heavy atom. The lowest BCUT2D eigenvalue weighted by atomic mass is 10.3. The average molecular weight is 216 g/mol. The lowest BCUT2D eigenvalue weighted by molar-refractivity contribution is 1.03. The summed E-state index contributed by atoms with van der Waals surface area (Å²) in [5.74, 6) is 0. The van der Waals surface area contributed by atoms with E-state index >= 15 is 0 Å². The minimum atomic E-state index is 0.876. The maximum atomic E-state index is 3.76. The molecular weight excluding hydrogens is 202 g/mol. The van der Waals surface area contributed by atoms with E-state index in [2.05, 4.69) is 40.8 Å². The Kier molecular flexibility index (Phi) is 5.94. The zero-order valence-electron chi connectivity index (χ0n) is 7.02. The highest BCUT2D eigenvalue weighted by Crippen LogP contribution is 2.10. The van der Waals surface area contributed by atoms with Gasteiger partial charge in [-0.05, 0) is 28.4 Å². The van der Waals surface area contributed by atoms with Gasteiger partial charge in [-0.1, -0.05) is 25.7 Å². The van der Waals surface area contributed by atoms with Crippen LogP contribution in [-0.2, 0) is 0 Å². The standard InChI is InChI=1S/C9H14BrN/c1-4-5-6-7-9(11-3)8(2)10/h5-7,11H,2,4H2,1,3H3/b6-5-,9-7+. The van der Waals surface area contributed by atoms with Crippen molar-refractivity contribution in [2.75, 3.05) is 7.05 Å². The Bertz CT molecular complexity index is 180. The number of hydrogen-bond donors (Lipinski definition) is 1. The molecule has 0 radical (unpaired) electrons. The van der Waals surface area contributed by atoms with Crippen molar-refractivity contribution in [2.45, 2.75) is 13.3 Å². The molecule has 0 atom stereocenters. The first kappa shape index (κ1) is 10.5. The Labute approximate surface area is 77.0 Å². The molecule has 2 heteroatoms. The summed E-state index contributed by atoms with van der Waals surface area (Å²) in [7, 11) is 1.87. The molecule has 0 aromatic rings. The Morgan fingerprint density at radius 3 is 2.64 bits per heavy atom. The smallest absolute Gasteiger partial charge is 0.0475 e. The van der Waals surface area contributed by atoms with Crippen LogP contribution in [0.5, 0.6) is 0 Å². The second kappa shape index (κ2) is 6.23. The Balaban J connectivity index is 4.12. The second-order valence-corrected chi connectivity index (χ2v) is 3.03. The molecule has 1 nitrogen and oxygen atoms in total. The Morgan fingerprint density at radius 2 is 2.27 bits per heavy atom. The SMILES string of the molecule is C=C(Br)/C(=C\C=C/CC)NC. The van der Waals surface area contributed by atoms with Crippen LogP contribution in [0.25, 0.3) is 0 Å². The minimum absolute atomic E-state index is 0.876. The fraction of sp³-hybridized carbons (Fsp3) is 0.333. The van der Waals surface area contributed by atoms with E-state index in [9.17, 15) is 0 Å².